The molecule has 1 unspecified atom stereocenters. The molecule has 0 saturated heterocycles. The summed E-state index contributed by atoms with van der Waals surface area (Å²) >= 11 is 0. The highest BCUT2D eigenvalue weighted by Gasteiger charge is 2.19. The van der Waals surface area contributed by atoms with Gasteiger partial charge in [-0.25, -0.2) is 0 Å². The Kier molecular flexibility index (Phi) is 52.3. The van der Waals surface area contributed by atoms with Gasteiger partial charge in [-0.3, -0.25) is 14.4 Å². The maximum atomic E-state index is 12.8. The highest BCUT2D eigenvalue weighted by atomic mass is 16.6. The molecule has 382 valence electrons. The van der Waals surface area contributed by atoms with Crippen molar-refractivity contribution in [2.24, 2.45) is 0 Å². The molecule has 0 amide bonds. The summed E-state index contributed by atoms with van der Waals surface area (Å²) < 4.78 is 16.9. The Morgan fingerprint density at radius 2 is 0.667 bits per heavy atom. The molecule has 0 aliphatic carbocycles. The SMILES string of the molecule is CC\C=C/C=C\C=C/CCCCCCCCCC(=O)OC(COC(=O)CCCCCCCCC/C=C\C/C=C\CC)COC(=O)CCCCCCCCCCCCCCCCCCCCC. The maximum absolute atomic E-state index is 12.8. The number of carbonyl (C=O) groups is 3. The van der Waals surface area contributed by atoms with Gasteiger partial charge in [0.25, 0.3) is 0 Å². The number of carbonyl (C=O) groups excluding carboxylic acids is 3. The molecular formula is C60H106O6. The molecule has 0 aromatic carbocycles. The summed E-state index contributed by atoms with van der Waals surface area (Å²) in [5, 5.41) is 0. The minimum Gasteiger partial charge on any atom is -0.462 e. The van der Waals surface area contributed by atoms with Crippen LogP contribution in [0.15, 0.2) is 60.8 Å². The van der Waals surface area contributed by atoms with Gasteiger partial charge in [0.05, 0.1) is 0 Å². The van der Waals surface area contributed by atoms with E-state index in [-0.39, 0.29) is 31.1 Å². The first-order chi connectivity index (χ1) is 32.5. The van der Waals surface area contributed by atoms with Gasteiger partial charge in [0.15, 0.2) is 6.10 Å². The van der Waals surface area contributed by atoms with Crippen LogP contribution in [0.1, 0.15) is 284 Å². The molecule has 0 spiro atoms. The number of hydrogen-bond donors (Lipinski definition) is 0. The van der Waals surface area contributed by atoms with Crippen molar-refractivity contribution in [3.8, 4) is 0 Å². The first kappa shape index (κ1) is 63.1. The zero-order chi connectivity index (χ0) is 47.9. The predicted octanol–water partition coefficient (Wildman–Crippen LogP) is 18.8. The fraction of sp³-hybridized carbons (Fsp3) is 0.783. The molecule has 0 N–H and O–H groups in total. The molecule has 0 aromatic rings. The number of hydrogen-bond acceptors (Lipinski definition) is 6. The summed E-state index contributed by atoms with van der Waals surface area (Å²) in [7, 11) is 0. The number of ether oxygens (including phenoxy) is 3. The Labute approximate surface area is 409 Å². The minimum absolute atomic E-state index is 0.0793. The molecule has 0 bridgehead atoms. The second kappa shape index (κ2) is 54.7. The van der Waals surface area contributed by atoms with Crippen LogP contribution in [0.2, 0.25) is 0 Å². The quantitative estimate of drug-likeness (QED) is 0.0199. The van der Waals surface area contributed by atoms with Gasteiger partial charge < -0.3 is 14.2 Å². The van der Waals surface area contributed by atoms with Crippen LogP contribution in [0.4, 0.5) is 0 Å². The summed E-state index contributed by atoms with van der Waals surface area (Å²) in [6, 6.07) is 0. The van der Waals surface area contributed by atoms with E-state index in [9.17, 15) is 14.4 Å². The fourth-order valence-electron chi connectivity index (χ4n) is 8.13. The highest BCUT2D eigenvalue weighted by molar-refractivity contribution is 5.71. The zero-order valence-electron chi connectivity index (χ0n) is 43.7. The standard InChI is InChI=1S/C60H106O6/c1-4-7-10-13-16-19-22-25-28-29-30-31-33-35-38-41-44-47-50-53-59(62)65-56-57(55-64-58(61)52-49-46-43-40-37-34-27-24-21-18-15-12-9-6-3)66-60(63)54-51-48-45-42-39-36-32-26-23-20-17-14-11-8-5-2/h8-9,11-12,14,17-18,20-21,23,57H,4-7,10,13,15-16,19,22,24-56H2,1-3H3/b11-8-,12-9-,17-14-,21-18-,23-20-. The molecule has 0 rings (SSSR count). The van der Waals surface area contributed by atoms with E-state index in [2.05, 4.69) is 81.5 Å². The van der Waals surface area contributed by atoms with Gasteiger partial charge in [0, 0.05) is 19.3 Å². The third kappa shape index (κ3) is 52.1. The van der Waals surface area contributed by atoms with Crippen LogP contribution in [0.3, 0.4) is 0 Å². The fourth-order valence-corrected chi connectivity index (χ4v) is 8.13. The third-order valence-electron chi connectivity index (χ3n) is 12.3. The molecule has 0 aliphatic heterocycles. The zero-order valence-corrected chi connectivity index (χ0v) is 43.7. The second-order valence-electron chi connectivity index (χ2n) is 18.9. The first-order valence-corrected chi connectivity index (χ1v) is 28.3. The number of esters is 3. The van der Waals surface area contributed by atoms with Crippen molar-refractivity contribution in [3.63, 3.8) is 0 Å². The smallest absolute Gasteiger partial charge is 0.306 e. The van der Waals surface area contributed by atoms with Crippen LogP contribution in [-0.4, -0.2) is 37.2 Å². The number of unbranched alkanes of at least 4 members (excludes halogenated alkanes) is 32. The second-order valence-corrected chi connectivity index (χ2v) is 18.9. The van der Waals surface area contributed by atoms with E-state index >= 15 is 0 Å². The van der Waals surface area contributed by atoms with Gasteiger partial charge in [-0.05, 0) is 64.2 Å². The van der Waals surface area contributed by atoms with Crippen LogP contribution < -0.4 is 0 Å². The molecule has 6 nitrogen and oxygen atoms in total. The van der Waals surface area contributed by atoms with E-state index in [0.29, 0.717) is 19.3 Å². The lowest BCUT2D eigenvalue weighted by atomic mass is 10.0. The average Bonchev–Trinajstić information content (AvgIpc) is 3.31. The monoisotopic (exact) mass is 923 g/mol. The van der Waals surface area contributed by atoms with Crippen LogP contribution >= 0.6 is 0 Å². The molecule has 0 heterocycles. The van der Waals surface area contributed by atoms with Gasteiger partial charge in [0.2, 0.25) is 0 Å². The average molecular weight is 924 g/mol. The van der Waals surface area contributed by atoms with Gasteiger partial charge in [-0.2, -0.15) is 0 Å². The normalized spacial score (nSPS) is 12.5. The maximum Gasteiger partial charge on any atom is 0.306 e. The van der Waals surface area contributed by atoms with Crippen LogP contribution in [-0.2, 0) is 28.6 Å². The van der Waals surface area contributed by atoms with Crippen molar-refractivity contribution in [2.45, 2.75) is 290 Å². The lowest BCUT2D eigenvalue weighted by Crippen LogP contribution is -2.30. The van der Waals surface area contributed by atoms with E-state index in [1.54, 1.807) is 0 Å². The Balaban J connectivity index is 4.34. The molecule has 1 atom stereocenters. The molecule has 0 radical (unpaired) electrons. The minimum atomic E-state index is -0.782. The molecule has 0 fully saturated rings. The number of rotatable bonds is 51. The molecule has 0 aromatic heterocycles. The molecule has 66 heavy (non-hydrogen) atoms. The summed E-state index contributed by atoms with van der Waals surface area (Å²) in [6.07, 6.45) is 67.8. The Morgan fingerprint density at radius 3 is 1.08 bits per heavy atom. The topological polar surface area (TPSA) is 78.9 Å². The van der Waals surface area contributed by atoms with Gasteiger partial charge in [-0.15, -0.1) is 0 Å². The van der Waals surface area contributed by atoms with E-state index in [0.717, 1.165) is 89.9 Å². The lowest BCUT2D eigenvalue weighted by Gasteiger charge is -2.18. The highest BCUT2D eigenvalue weighted by Crippen LogP contribution is 2.17. The molecular weight excluding hydrogens is 817 g/mol. The van der Waals surface area contributed by atoms with Crippen LogP contribution in [0.25, 0.3) is 0 Å². The van der Waals surface area contributed by atoms with Crippen molar-refractivity contribution < 1.29 is 28.6 Å². The summed E-state index contributed by atoms with van der Waals surface area (Å²) in [5.74, 6) is -0.889. The van der Waals surface area contributed by atoms with E-state index in [1.165, 1.54) is 154 Å². The summed E-state index contributed by atoms with van der Waals surface area (Å²) in [6.45, 7) is 6.42. The van der Waals surface area contributed by atoms with Crippen molar-refractivity contribution in [2.75, 3.05) is 13.2 Å². The van der Waals surface area contributed by atoms with Crippen molar-refractivity contribution >= 4 is 17.9 Å². The van der Waals surface area contributed by atoms with Crippen molar-refractivity contribution in [3.05, 3.63) is 60.8 Å². The first-order valence-electron chi connectivity index (χ1n) is 28.3. The predicted molar refractivity (Wildman–Crippen MR) is 284 cm³/mol. The summed E-state index contributed by atoms with van der Waals surface area (Å²) in [5.41, 5.74) is 0. The van der Waals surface area contributed by atoms with Gasteiger partial charge in [-0.1, -0.05) is 261 Å². The van der Waals surface area contributed by atoms with Crippen molar-refractivity contribution in [1.82, 2.24) is 0 Å². The Morgan fingerprint density at radius 1 is 0.333 bits per heavy atom. The molecule has 6 heteroatoms. The molecule has 0 aliphatic rings. The van der Waals surface area contributed by atoms with E-state index in [4.69, 9.17) is 14.2 Å². The van der Waals surface area contributed by atoms with Gasteiger partial charge in [0.1, 0.15) is 13.2 Å². The van der Waals surface area contributed by atoms with E-state index in [1.807, 2.05) is 0 Å². The van der Waals surface area contributed by atoms with E-state index < -0.39 is 6.10 Å². The number of allylic oxidation sites excluding steroid dienone is 10. The van der Waals surface area contributed by atoms with Crippen molar-refractivity contribution in [1.29, 1.82) is 0 Å². The summed E-state index contributed by atoms with van der Waals surface area (Å²) in [4.78, 5) is 38.1. The lowest BCUT2D eigenvalue weighted by molar-refractivity contribution is -0.167. The third-order valence-corrected chi connectivity index (χ3v) is 12.3. The Hall–Kier alpha value is -2.89. The van der Waals surface area contributed by atoms with Gasteiger partial charge >= 0.3 is 17.9 Å². The molecule has 0 saturated carbocycles. The van der Waals surface area contributed by atoms with Crippen LogP contribution in [0, 0.1) is 0 Å². The Bertz CT molecular complexity index is 1200. The largest absolute Gasteiger partial charge is 0.462 e. The van der Waals surface area contributed by atoms with Crippen LogP contribution in [0.5, 0.6) is 0 Å².